The Hall–Kier alpha value is -2.10. The number of hydrogen-bond acceptors (Lipinski definition) is 1. The molecule has 0 heterocycles. The maximum atomic E-state index is 13.5. The summed E-state index contributed by atoms with van der Waals surface area (Å²) in [5, 5.41) is 0. The zero-order valence-electron chi connectivity index (χ0n) is 9.51. The molecule has 0 aliphatic rings. The lowest BCUT2D eigenvalue weighted by atomic mass is 10.0. The highest BCUT2D eigenvalue weighted by Crippen LogP contribution is 2.18. The zero-order valence-corrected chi connectivity index (χ0v) is 9.51. The van der Waals surface area contributed by atoms with Gasteiger partial charge in [-0.15, -0.1) is 0 Å². The summed E-state index contributed by atoms with van der Waals surface area (Å²) in [6.45, 7) is 1.44. The van der Waals surface area contributed by atoms with E-state index in [-0.39, 0.29) is 16.7 Å². The summed E-state index contributed by atoms with van der Waals surface area (Å²) in [4.78, 5) is 12.0. The predicted molar refractivity (Wildman–Crippen MR) is 60.9 cm³/mol. The molecule has 0 saturated carbocycles. The van der Waals surface area contributed by atoms with Crippen LogP contribution < -0.4 is 0 Å². The summed E-state index contributed by atoms with van der Waals surface area (Å²) < 4.78 is 39.3. The van der Waals surface area contributed by atoms with Crippen LogP contribution in [0.2, 0.25) is 0 Å². The lowest BCUT2D eigenvalue weighted by Crippen LogP contribution is -2.06. The molecule has 0 bridgehead atoms. The van der Waals surface area contributed by atoms with Crippen molar-refractivity contribution >= 4 is 5.78 Å². The largest absolute Gasteiger partial charge is 0.288 e. The van der Waals surface area contributed by atoms with E-state index in [9.17, 15) is 18.0 Å². The summed E-state index contributed by atoms with van der Waals surface area (Å²) in [7, 11) is 0. The van der Waals surface area contributed by atoms with Crippen molar-refractivity contribution in [3.63, 3.8) is 0 Å². The molecule has 0 fully saturated rings. The number of hydrogen-bond donors (Lipinski definition) is 0. The van der Waals surface area contributed by atoms with Crippen LogP contribution in [0.1, 0.15) is 21.5 Å². The van der Waals surface area contributed by atoms with Gasteiger partial charge in [0.15, 0.2) is 5.78 Å². The SMILES string of the molecule is Cc1cc(C(=O)c2ccc(F)cc2)c(F)cc1F. The van der Waals surface area contributed by atoms with Crippen molar-refractivity contribution in [2.24, 2.45) is 0 Å². The molecule has 0 radical (unpaired) electrons. The molecular formula is C14H9F3O. The number of aryl methyl sites for hydroxylation is 1. The molecule has 0 amide bonds. The first-order valence-electron chi connectivity index (χ1n) is 5.25. The Morgan fingerprint density at radius 2 is 1.56 bits per heavy atom. The van der Waals surface area contributed by atoms with Gasteiger partial charge in [0.05, 0.1) is 5.56 Å². The molecule has 92 valence electrons. The number of ketones is 1. The van der Waals surface area contributed by atoms with Gasteiger partial charge < -0.3 is 0 Å². The molecule has 0 N–H and O–H groups in total. The third-order valence-corrected chi connectivity index (χ3v) is 2.60. The molecule has 0 unspecified atom stereocenters. The Balaban J connectivity index is 2.46. The van der Waals surface area contributed by atoms with Crippen molar-refractivity contribution in [1.82, 2.24) is 0 Å². The summed E-state index contributed by atoms with van der Waals surface area (Å²) in [6.07, 6.45) is 0. The van der Waals surface area contributed by atoms with Crippen LogP contribution in [-0.2, 0) is 0 Å². The van der Waals surface area contributed by atoms with Crippen LogP contribution in [0.15, 0.2) is 36.4 Å². The van der Waals surface area contributed by atoms with Gasteiger partial charge in [0.25, 0.3) is 0 Å². The molecule has 0 saturated heterocycles. The second-order valence-electron chi connectivity index (χ2n) is 3.92. The second-order valence-corrected chi connectivity index (χ2v) is 3.92. The van der Waals surface area contributed by atoms with E-state index in [1.807, 2.05) is 0 Å². The molecule has 4 heteroatoms. The van der Waals surface area contributed by atoms with Crippen molar-refractivity contribution in [3.05, 3.63) is 70.5 Å². The first-order chi connectivity index (χ1) is 8.49. The topological polar surface area (TPSA) is 17.1 Å². The van der Waals surface area contributed by atoms with Crippen LogP contribution in [0, 0.1) is 24.4 Å². The Kier molecular flexibility index (Phi) is 3.19. The molecule has 0 atom stereocenters. The third kappa shape index (κ3) is 2.27. The summed E-state index contributed by atoms with van der Waals surface area (Å²) in [5.74, 6) is -2.71. The highest BCUT2D eigenvalue weighted by molar-refractivity contribution is 6.09. The number of halogens is 3. The highest BCUT2D eigenvalue weighted by Gasteiger charge is 2.16. The molecule has 18 heavy (non-hydrogen) atoms. The maximum Gasteiger partial charge on any atom is 0.195 e. The van der Waals surface area contributed by atoms with Gasteiger partial charge in [-0.1, -0.05) is 0 Å². The molecule has 0 aliphatic carbocycles. The molecular weight excluding hydrogens is 241 g/mol. The van der Waals surface area contributed by atoms with E-state index in [1.54, 1.807) is 0 Å². The van der Waals surface area contributed by atoms with Crippen LogP contribution in [0.4, 0.5) is 13.2 Å². The quantitative estimate of drug-likeness (QED) is 0.743. The molecule has 0 aromatic heterocycles. The first-order valence-corrected chi connectivity index (χ1v) is 5.25. The smallest absolute Gasteiger partial charge is 0.195 e. The average Bonchev–Trinajstić information content (AvgIpc) is 2.34. The molecule has 1 nitrogen and oxygen atoms in total. The van der Waals surface area contributed by atoms with Crippen molar-refractivity contribution in [1.29, 1.82) is 0 Å². The van der Waals surface area contributed by atoms with Gasteiger partial charge in [-0.2, -0.15) is 0 Å². The fraction of sp³-hybridized carbons (Fsp3) is 0.0714. The van der Waals surface area contributed by atoms with Crippen LogP contribution in [0.5, 0.6) is 0 Å². The van der Waals surface area contributed by atoms with Gasteiger partial charge in [-0.25, -0.2) is 13.2 Å². The lowest BCUT2D eigenvalue weighted by molar-refractivity contribution is 0.103. The average molecular weight is 250 g/mol. The Morgan fingerprint density at radius 1 is 0.944 bits per heavy atom. The number of carbonyl (C=O) groups excluding carboxylic acids is 1. The molecule has 2 aromatic rings. The summed E-state index contributed by atoms with van der Waals surface area (Å²) in [5.41, 5.74) is 0.115. The van der Waals surface area contributed by atoms with Crippen molar-refractivity contribution in [2.45, 2.75) is 6.92 Å². The van der Waals surface area contributed by atoms with Crippen molar-refractivity contribution in [2.75, 3.05) is 0 Å². The zero-order chi connectivity index (χ0) is 13.3. The van der Waals surface area contributed by atoms with E-state index in [2.05, 4.69) is 0 Å². The van der Waals surface area contributed by atoms with E-state index in [0.29, 0.717) is 6.07 Å². The minimum absolute atomic E-state index is 0.154. The van der Waals surface area contributed by atoms with E-state index in [1.165, 1.54) is 19.1 Å². The number of rotatable bonds is 2. The summed E-state index contributed by atoms with van der Waals surface area (Å²) >= 11 is 0. The summed E-state index contributed by atoms with van der Waals surface area (Å²) in [6, 6.07) is 6.57. The van der Waals surface area contributed by atoms with Gasteiger partial charge in [0.2, 0.25) is 0 Å². The molecule has 2 aromatic carbocycles. The molecule has 0 aliphatic heterocycles. The van der Waals surface area contributed by atoms with Crippen molar-refractivity contribution < 1.29 is 18.0 Å². The first kappa shape index (κ1) is 12.4. The normalized spacial score (nSPS) is 10.4. The lowest BCUT2D eigenvalue weighted by Gasteiger charge is -2.05. The van der Waals surface area contributed by atoms with E-state index in [0.717, 1.165) is 18.2 Å². The van der Waals surface area contributed by atoms with Gasteiger partial charge in [-0.3, -0.25) is 4.79 Å². The predicted octanol–water partition coefficient (Wildman–Crippen LogP) is 3.64. The van der Waals surface area contributed by atoms with Gasteiger partial charge in [0.1, 0.15) is 17.5 Å². The van der Waals surface area contributed by atoms with Gasteiger partial charge >= 0.3 is 0 Å². The fourth-order valence-corrected chi connectivity index (χ4v) is 1.59. The Morgan fingerprint density at radius 3 is 2.17 bits per heavy atom. The van der Waals surface area contributed by atoms with E-state index < -0.39 is 23.2 Å². The number of benzene rings is 2. The second kappa shape index (κ2) is 4.64. The Bertz CT molecular complexity index is 603. The van der Waals surface area contributed by atoms with Crippen LogP contribution >= 0.6 is 0 Å². The molecule has 2 rings (SSSR count). The van der Waals surface area contributed by atoms with Crippen LogP contribution in [0.25, 0.3) is 0 Å². The minimum Gasteiger partial charge on any atom is -0.288 e. The van der Waals surface area contributed by atoms with Crippen molar-refractivity contribution in [3.8, 4) is 0 Å². The molecule has 0 spiro atoms. The van der Waals surface area contributed by atoms with E-state index >= 15 is 0 Å². The highest BCUT2D eigenvalue weighted by atomic mass is 19.1. The monoisotopic (exact) mass is 250 g/mol. The van der Waals surface area contributed by atoms with Crippen LogP contribution in [0.3, 0.4) is 0 Å². The standard InChI is InChI=1S/C14H9F3O/c1-8-6-11(13(17)7-12(8)16)14(18)9-2-4-10(15)5-3-9/h2-7H,1H3. The van der Waals surface area contributed by atoms with Gasteiger partial charge in [0, 0.05) is 11.6 Å². The minimum atomic E-state index is -0.924. The Labute approximate surface area is 102 Å². The van der Waals surface area contributed by atoms with E-state index in [4.69, 9.17) is 0 Å². The van der Waals surface area contributed by atoms with Gasteiger partial charge in [-0.05, 0) is 42.8 Å². The number of carbonyl (C=O) groups is 1. The van der Waals surface area contributed by atoms with Crippen LogP contribution in [-0.4, -0.2) is 5.78 Å². The third-order valence-electron chi connectivity index (χ3n) is 2.60. The fourth-order valence-electron chi connectivity index (χ4n) is 1.59. The maximum absolute atomic E-state index is 13.5.